The van der Waals surface area contributed by atoms with Gasteiger partial charge in [0, 0.05) is 17.5 Å². The number of halogens is 2. The van der Waals surface area contributed by atoms with E-state index in [1.54, 1.807) is 18.2 Å². The maximum atomic E-state index is 14.8. The quantitative estimate of drug-likeness (QED) is 0.265. The molecule has 3 aromatic rings. The van der Waals surface area contributed by atoms with Crippen LogP contribution in [0.3, 0.4) is 0 Å². The van der Waals surface area contributed by atoms with Crippen LogP contribution < -0.4 is 21.7 Å². The second-order valence-electron chi connectivity index (χ2n) is 8.67. The number of carbonyl (C=O) groups excluding carboxylic acids is 2. The van der Waals surface area contributed by atoms with Crippen molar-refractivity contribution < 1.29 is 23.5 Å². The minimum Gasteiger partial charge on any atom is -0.393 e. The number of thiophene rings is 1. The van der Waals surface area contributed by atoms with Gasteiger partial charge in [-0.15, -0.1) is 11.3 Å². The number of aromatic nitrogens is 1. The molecule has 1 aromatic carbocycles. The Bertz CT molecular complexity index is 1220. The largest absolute Gasteiger partial charge is 0.393 e. The van der Waals surface area contributed by atoms with Gasteiger partial charge in [0.05, 0.1) is 29.5 Å². The van der Waals surface area contributed by atoms with Crippen LogP contribution >= 0.6 is 11.3 Å². The third-order valence-electron chi connectivity index (χ3n) is 4.97. The van der Waals surface area contributed by atoms with Crippen molar-refractivity contribution in [2.24, 2.45) is 5.73 Å². The molecule has 0 fully saturated rings. The Morgan fingerprint density at radius 1 is 1.14 bits per heavy atom. The van der Waals surface area contributed by atoms with E-state index >= 15 is 0 Å². The van der Waals surface area contributed by atoms with Crippen LogP contribution in [0.5, 0.6) is 0 Å². The lowest BCUT2D eigenvalue weighted by atomic mass is 10.0. The monoisotopic (exact) mass is 517 g/mol. The number of aliphatic hydroxyl groups excluding tert-OH is 1. The van der Waals surface area contributed by atoms with E-state index < -0.39 is 23.6 Å². The van der Waals surface area contributed by atoms with E-state index in [-0.39, 0.29) is 40.9 Å². The molecule has 36 heavy (non-hydrogen) atoms. The van der Waals surface area contributed by atoms with Crippen LogP contribution in [0.4, 0.5) is 19.6 Å². The first kappa shape index (κ1) is 27.2. The van der Waals surface area contributed by atoms with Gasteiger partial charge in [-0.25, -0.2) is 13.8 Å². The number of aliphatic hydroxyl groups is 1. The van der Waals surface area contributed by atoms with Crippen LogP contribution in [0.15, 0.2) is 36.4 Å². The molecule has 8 nitrogen and oxygen atoms in total. The number of benzene rings is 1. The molecular weight excluding hydrogens is 488 g/mol. The Kier molecular flexibility index (Phi) is 9.08. The average molecular weight is 518 g/mol. The van der Waals surface area contributed by atoms with Gasteiger partial charge in [0.25, 0.3) is 5.91 Å². The molecule has 1 atom stereocenters. The minimum absolute atomic E-state index is 0.0456. The van der Waals surface area contributed by atoms with E-state index in [0.29, 0.717) is 28.6 Å². The molecule has 0 bridgehead atoms. The van der Waals surface area contributed by atoms with Crippen molar-refractivity contribution >= 4 is 34.0 Å². The number of primary amides is 1. The topological polar surface area (TPSA) is 129 Å². The maximum absolute atomic E-state index is 14.8. The molecule has 2 aromatic heterocycles. The first-order chi connectivity index (χ1) is 17.0. The smallest absolute Gasteiger partial charge is 0.251 e. The highest BCUT2D eigenvalue weighted by molar-refractivity contribution is 7.20. The van der Waals surface area contributed by atoms with Gasteiger partial charge in [-0.1, -0.05) is 6.07 Å². The summed E-state index contributed by atoms with van der Waals surface area (Å²) in [7, 11) is 0. The highest BCUT2D eigenvalue weighted by atomic mass is 32.1. The fourth-order valence-electron chi connectivity index (χ4n) is 3.55. The summed E-state index contributed by atoms with van der Waals surface area (Å²) in [5.41, 5.74) is 6.27. The van der Waals surface area contributed by atoms with Crippen molar-refractivity contribution in [2.75, 3.05) is 11.9 Å². The van der Waals surface area contributed by atoms with Crippen molar-refractivity contribution in [3.8, 4) is 10.4 Å². The number of rotatable bonds is 11. The SMILES string of the molecule is CC(O)Cc1cc(F)c(-c2cc(C(N)=O)c(Nc3cccc(CNCC(=O)NC(C)C)n3)s2)c(F)c1. The van der Waals surface area contributed by atoms with E-state index in [2.05, 4.69) is 20.9 Å². The molecule has 192 valence electrons. The summed E-state index contributed by atoms with van der Waals surface area (Å²) in [6.45, 7) is 5.74. The lowest BCUT2D eigenvalue weighted by Gasteiger charge is -2.10. The standard InChI is InChI=1S/C25H29F2N5O3S/c1-13(2)30-22(34)12-29-11-16-5-4-6-21(31-16)32-25-17(24(28)35)10-20(36-25)23-18(26)8-15(7-14(3)33)9-19(23)27/h4-6,8-10,13-14,29,33H,7,11-12H2,1-3H3,(H2,28,35)(H,30,34)(H,31,32). The molecular formula is C25H29F2N5O3S. The van der Waals surface area contributed by atoms with Crippen LogP contribution in [0, 0.1) is 11.6 Å². The van der Waals surface area contributed by atoms with E-state index in [9.17, 15) is 23.5 Å². The molecule has 0 saturated heterocycles. The molecule has 1 unspecified atom stereocenters. The predicted molar refractivity (Wildman–Crippen MR) is 136 cm³/mol. The third kappa shape index (κ3) is 7.30. The molecule has 2 heterocycles. The molecule has 6 N–H and O–H groups in total. The number of nitrogens with two attached hydrogens (primary N) is 1. The fraction of sp³-hybridized carbons (Fsp3) is 0.320. The number of amides is 2. The molecule has 2 amide bonds. The van der Waals surface area contributed by atoms with Gasteiger partial charge in [0.2, 0.25) is 5.91 Å². The normalized spacial score (nSPS) is 12.0. The molecule has 0 spiro atoms. The summed E-state index contributed by atoms with van der Waals surface area (Å²) in [5.74, 6) is -2.11. The van der Waals surface area contributed by atoms with Gasteiger partial charge in [-0.2, -0.15) is 0 Å². The van der Waals surface area contributed by atoms with Gasteiger partial charge in [-0.3, -0.25) is 9.59 Å². The Labute approximate surface area is 211 Å². The zero-order valence-corrected chi connectivity index (χ0v) is 21.0. The second kappa shape index (κ2) is 12.0. The summed E-state index contributed by atoms with van der Waals surface area (Å²) >= 11 is 0.967. The number of carbonyl (C=O) groups is 2. The van der Waals surface area contributed by atoms with Crippen molar-refractivity contribution in [3.05, 3.63) is 64.9 Å². The molecule has 3 rings (SSSR count). The summed E-state index contributed by atoms with van der Waals surface area (Å²) < 4.78 is 29.6. The first-order valence-corrected chi connectivity index (χ1v) is 12.2. The van der Waals surface area contributed by atoms with E-state index in [4.69, 9.17) is 5.73 Å². The molecule has 11 heteroatoms. The van der Waals surface area contributed by atoms with Crippen LogP contribution in [0.25, 0.3) is 10.4 Å². The number of nitrogens with one attached hydrogen (secondary N) is 3. The third-order valence-corrected chi connectivity index (χ3v) is 6.03. The van der Waals surface area contributed by atoms with Crippen LogP contribution in [-0.4, -0.2) is 40.6 Å². The number of nitrogens with zero attached hydrogens (tertiary/aromatic N) is 1. The second-order valence-corrected chi connectivity index (χ2v) is 9.72. The predicted octanol–water partition coefficient (Wildman–Crippen LogP) is 3.47. The molecule has 0 aliphatic heterocycles. The summed E-state index contributed by atoms with van der Waals surface area (Å²) in [6.07, 6.45) is -0.638. The zero-order chi connectivity index (χ0) is 26.4. The molecule has 0 aliphatic carbocycles. The van der Waals surface area contributed by atoms with Gasteiger partial charge >= 0.3 is 0 Å². The number of pyridine rings is 1. The molecule has 0 aliphatic rings. The van der Waals surface area contributed by atoms with Crippen LogP contribution in [-0.2, 0) is 17.8 Å². The maximum Gasteiger partial charge on any atom is 0.251 e. The van der Waals surface area contributed by atoms with Crippen LogP contribution in [0.2, 0.25) is 0 Å². The minimum atomic E-state index is -0.804. The van der Waals surface area contributed by atoms with Gasteiger partial charge in [0.1, 0.15) is 22.5 Å². The summed E-state index contributed by atoms with van der Waals surface area (Å²) in [6, 6.07) is 8.91. The highest BCUT2D eigenvalue weighted by Crippen LogP contribution is 2.39. The molecule has 0 radical (unpaired) electrons. The number of hydrogen-bond donors (Lipinski definition) is 5. The lowest BCUT2D eigenvalue weighted by molar-refractivity contribution is -0.120. The fourth-order valence-corrected chi connectivity index (χ4v) is 4.67. The molecule has 0 saturated carbocycles. The van der Waals surface area contributed by atoms with Gasteiger partial charge < -0.3 is 26.8 Å². The van der Waals surface area contributed by atoms with E-state index in [1.807, 2.05) is 13.8 Å². The Morgan fingerprint density at radius 3 is 2.44 bits per heavy atom. The summed E-state index contributed by atoms with van der Waals surface area (Å²) in [4.78, 5) is 28.5. The number of hydrogen-bond acceptors (Lipinski definition) is 7. The first-order valence-electron chi connectivity index (χ1n) is 11.4. The van der Waals surface area contributed by atoms with Crippen LogP contribution in [0.1, 0.15) is 42.4 Å². The van der Waals surface area contributed by atoms with Crippen molar-refractivity contribution in [1.29, 1.82) is 0 Å². The van der Waals surface area contributed by atoms with Gasteiger partial charge in [0.15, 0.2) is 0 Å². The van der Waals surface area contributed by atoms with Crippen molar-refractivity contribution in [2.45, 2.75) is 45.9 Å². The van der Waals surface area contributed by atoms with Gasteiger partial charge in [-0.05, 0) is 63.1 Å². The zero-order valence-electron chi connectivity index (χ0n) is 20.2. The lowest BCUT2D eigenvalue weighted by Crippen LogP contribution is -2.37. The van der Waals surface area contributed by atoms with Crippen molar-refractivity contribution in [3.63, 3.8) is 0 Å². The van der Waals surface area contributed by atoms with E-state index in [0.717, 1.165) is 11.3 Å². The average Bonchev–Trinajstić information content (AvgIpc) is 3.16. The Balaban J connectivity index is 1.80. The number of anilines is 2. The Hall–Kier alpha value is -3.41. The highest BCUT2D eigenvalue weighted by Gasteiger charge is 2.21. The summed E-state index contributed by atoms with van der Waals surface area (Å²) in [5, 5.41) is 18.6. The van der Waals surface area contributed by atoms with Crippen molar-refractivity contribution in [1.82, 2.24) is 15.6 Å². The van der Waals surface area contributed by atoms with E-state index in [1.165, 1.54) is 25.1 Å². The Morgan fingerprint density at radius 2 is 1.83 bits per heavy atom.